The zero-order valence-electron chi connectivity index (χ0n) is 19.2. The van der Waals surface area contributed by atoms with Crippen LogP contribution in [0.1, 0.15) is 35.1 Å². The number of nitrogens with one attached hydrogen (secondary N) is 1. The van der Waals surface area contributed by atoms with Crippen molar-refractivity contribution in [3.8, 4) is 5.88 Å². The molecule has 0 amide bonds. The van der Waals surface area contributed by atoms with E-state index >= 15 is 0 Å². The number of aromatic amines is 1. The van der Waals surface area contributed by atoms with Crippen molar-refractivity contribution < 1.29 is 15.0 Å². The van der Waals surface area contributed by atoms with Gasteiger partial charge in [-0.3, -0.25) is 9.69 Å². The van der Waals surface area contributed by atoms with Crippen LogP contribution in [0.5, 0.6) is 5.88 Å². The molecule has 2 heterocycles. The minimum absolute atomic E-state index is 0.0567. The van der Waals surface area contributed by atoms with Gasteiger partial charge in [-0.15, -0.1) is 0 Å². The van der Waals surface area contributed by atoms with Crippen molar-refractivity contribution in [1.82, 2.24) is 9.88 Å². The average Bonchev–Trinajstić information content (AvgIpc) is 3.14. The number of aromatic nitrogens is 1. The summed E-state index contributed by atoms with van der Waals surface area (Å²) in [5.74, 6) is -0.759. The molecule has 6 nitrogen and oxygen atoms in total. The summed E-state index contributed by atoms with van der Waals surface area (Å²) in [4.78, 5) is 21.4. The third-order valence-electron chi connectivity index (χ3n) is 6.36. The van der Waals surface area contributed by atoms with E-state index in [0.29, 0.717) is 17.7 Å². The van der Waals surface area contributed by atoms with Gasteiger partial charge in [0.1, 0.15) is 0 Å². The molecule has 35 heavy (non-hydrogen) atoms. The molecule has 0 saturated carbocycles. The van der Waals surface area contributed by atoms with E-state index in [2.05, 4.69) is 37.9 Å². The monoisotopic (exact) mass is 531 g/mol. The highest BCUT2D eigenvalue weighted by Gasteiger charge is 2.19. The molecule has 178 valence electrons. The predicted molar refractivity (Wildman–Crippen MR) is 142 cm³/mol. The number of aliphatic imine (C=N–C) groups is 1. The third kappa shape index (κ3) is 5.31. The number of benzene rings is 3. The Morgan fingerprint density at radius 3 is 2.37 bits per heavy atom. The highest BCUT2D eigenvalue weighted by atomic mass is 79.9. The SMILES string of the molecule is O=C(O)CCc1ccc(C(=Nc2ccc(CN3CCC3)cc2)c2c(O)[nH]c3cc(Br)ccc23)cc1. The molecule has 1 aliphatic heterocycles. The minimum Gasteiger partial charge on any atom is -0.494 e. The summed E-state index contributed by atoms with van der Waals surface area (Å²) < 4.78 is 0.914. The number of carboxylic acids is 1. The largest absolute Gasteiger partial charge is 0.494 e. The van der Waals surface area contributed by atoms with Crippen LogP contribution in [0.4, 0.5) is 5.69 Å². The molecule has 0 atom stereocenters. The van der Waals surface area contributed by atoms with E-state index in [1.165, 1.54) is 12.0 Å². The van der Waals surface area contributed by atoms with Gasteiger partial charge in [-0.1, -0.05) is 58.4 Å². The van der Waals surface area contributed by atoms with Crippen molar-refractivity contribution in [2.75, 3.05) is 13.1 Å². The first-order valence-corrected chi connectivity index (χ1v) is 12.5. The fraction of sp³-hybridized carbons (Fsp3) is 0.214. The average molecular weight is 532 g/mol. The Morgan fingerprint density at radius 2 is 1.71 bits per heavy atom. The van der Waals surface area contributed by atoms with E-state index in [9.17, 15) is 9.90 Å². The standard InChI is InChI=1S/C28H26BrN3O3/c29-21-9-12-23-24(16-21)31-28(35)26(23)27(20-7-2-18(3-8-20)6-13-25(33)34)30-22-10-4-19(5-11-22)17-32-14-1-15-32/h2-5,7-12,16,31,35H,1,6,13-15,17H2,(H,33,34). The molecule has 1 fully saturated rings. The van der Waals surface area contributed by atoms with Crippen LogP contribution in [0.25, 0.3) is 10.9 Å². The van der Waals surface area contributed by atoms with Gasteiger partial charge in [-0.25, -0.2) is 4.99 Å². The zero-order valence-corrected chi connectivity index (χ0v) is 20.8. The quantitative estimate of drug-likeness (QED) is 0.242. The molecule has 0 spiro atoms. The summed E-state index contributed by atoms with van der Waals surface area (Å²) in [5, 5.41) is 20.7. The van der Waals surface area contributed by atoms with Crippen molar-refractivity contribution >= 4 is 44.2 Å². The van der Waals surface area contributed by atoms with Crippen LogP contribution in [0.2, 0.25) is 0 Å². The van der Waals surface area contributed by atoms with E-state index in [1.54, 1.807) is 0 Å². The number of carboxylic acid groups (broad SMARTS) is 1. The van der Waals surface area contributed by atoms with Crippen LogP contribution in [0, 0.1) is 0 Å². The molecule has 0 unspecified atom stereocenters. The summed E-state index contributed by atoms with van der Waals surface area (Å²) in [6, 6.07) is 21.8. The van der Waals surface area contributed by atoms with Gasteiger partial charge in [0, 0.05) is 28.4 Å². The molecule has 7 heteroatoms. The van der Waals surface area contributed by atoms with Crippen LogP contribution in [0.3, 0.4) is 0 Å². The maximum absolute atomic E-state index is 10.9. The number of carbonyl (C=O) groups is 1. The Kier molecular flexibility index (Phi) is 6.70. The third-order valence-corrected chi connectivity index (χ3v) is 6.86. The summed E-state index contributed by atoms with van der Waals surface area (Å²) in [7, 11) is 0. The number of aryl methyl sites for hydroxylation is 1. The number of likely N-dealkylation sites (tertiary alicyclic amines) is 1. The molecule has 0 bridgehead atoms. The van der Waals surface area contributed by atoms with Crippen molar-refractivity contribution in [3.63, 3.8) is 0 Å². The highest BCUT2D eigenvalue weighted by Crippen LogP contribution is 2.33. The van der Waals surface area contributed by atoms with Gasteiger partial charge in [-0.2, -0.15) is 0 Å². The second kappa shape index (κ2) is 10.1. The van der Waals surface area contributed by atoms with E-state index in [1.807, 2.05) is 54.6 Å². The molecule has 1 aromatic heterocycles. The molecule has 1 aliphatic rings. The van der Waals surface area contributed by atoms with Crippen LogP contribution < -0.4 is 0 Å². The normalized spacial score (nSPS) is 14.3. The second-order valence-corrected chi connectivity index (χ2v) is 9.80. The molecule has 3 aromatic carbocycles. The van der Waals surface area contributed by atoms with Crippen LogP contribution in [-0.2, 0) is 17.8 Å². The summed E-state index contributed by atoms with van der Waals surface area (Å²) >= 11 is 3.49. The molecule has 5 rings (SSSR count). The lowest BCUT2D eigenvalue weighted by molar-refractivity contribution is -0.136. The Morgan fingerprint density at radius 1 is 1.00 bits per heavy atom. The zero-order chi connectivity index (χ0) is 24.4. The molecule has 0 aliphatic carbocycles. The topological polar surface area (TPSA) is 88.9 Å². The first kappa shape index (κ1) is 23.3. The predicted octanol–water partition coefficient (Wildman–Crippen LogP) is 6.03. The fourth-order valence-electron chi connectivity index (χ4n) is 4.34. The lowest BCUT2D eigenvalue weighted by Gasteiger charge is -2.30. The van der Waals surface area contributed by atoms with Gasteiger partial charge < -0.3 is 15.2 Å². The number of fused-ring (bicyclic) bond motifs is 1. The van der Waals surface area contributed by atoms with E-state index in [0.717, 1.165) is 51.8 Å². The van der Waals surface area contributed by atoms with Crippen molar-refractivity contribution in [2.45, 2.75) is 25.8 Å². The second-order valence-electron chi connectivity index (χ2n) is 8.89. The van der Waals surface area contributed by atoms with E-state index < -0.39 is 5.97 Å². The summed E-state index contributed by atoms with van der Waals surface area (Å²) in [5.41, 5.74) is 5.93. The highest BCUT2D eigenvalue weighted by molar-refractivity contribution is 9.10. The first-order valence-electron chi connectivity index (χ1n) is 11.7. The number of halogens is 1. The fourth-order valence-corrected chi connectivity index (χ4v) is 4.70. The molecular formula is C28H26BrN3O3. The van der Waals surface area contributed by atoms with Crippen molar-refractivity contribution in [1.29, 1.82) is 0 Å². The van der Waals surface area contributed by atoms with Gasteiger partial charge in [0.15, 0.2) is 5.88 Å². The number of aliphatic carboxylic acids is 1. The maximum atomic E-state index is 10.9. The Hall–Kier alpha value is -3.42. The Labute approximate surface area is 212 Å². The molecule has 0 radical (unpaired) electrons. The van der Waals surface area contributed by atoms with Crippen molar-refractivity contribution in [2.24, 2.45) is 4.99 Å². The summed E-state index contributed by atoms with van der Waals surface area (Å²) in [6.07, 6.45) is 1.82. The number of H-pyrrole nitrogens is 1. The van der Waals surface area contributed by atoms with E-state index in [-0.39, 0.29) is 12.3 Å². The lowest BCUT2D eigenvalue weighted by atomic mass is 9.98. The van der Waals surface area contributed by atoms with Gasteiger partial charge in [-0.05, 0) is 61.3 Å². The lowest BCUT2D eigenvalue weighted by Crippen LogP contribution is -2.36. The number of aromatic hydroxyl groups is 1. The number of rotatable bonds is 8. The van der Waals surface area contributed by atoms with Gasteiger partial charge in [0.05, 0.1) is 22.5 Å². The molecule has 1 saturated heterocycles. The van der Waals surface area contributed by atoms with Crippen LogP contribution >= 0.6 is 15.9 Å². The van der Waals surface area contributed by atoms with E-state index in [4.69, 9.17) is 10.1 Å². The summed E-state index contributed by atoms with van der Waals surface area (Å²) in [6.45, 7) is 3.26. The first-order chi connectivity index (χ1) is 17.0. The van der Waals surface area contributed by atoms with Gasteiger partial charge >= 0.3 is 5.97 Å². The number of hydrogen-bond acceptors (Lipinski definition) is 4. The van der Waals surface area contributed by atoms with Crippen molar-refractivity contribution in [3.05, 3.63) is 93.5 Å². The Bertz CT molecular complexity index is 1390. The minimum atomic E-state index is -0.816. The smallest absolute Gasteiger partial charge is 0.303 e. The number of hydrogen-bond donors (Lipinski definition) is 3. The van der Waals surface area contributed by atoms with Gasteiger partial charge in [0.2, 0.25) is 0 Å². The van der Waals surface area contributed by atoms with Gasteiger partial charge in [0.25, 0.3) is 0 Å². The molecule has 3 N–H and O–H groups in total. The molecular weight excluding hydrogens is 506 g/mol. The maximum Gasteiger partial charge on any atom is 0.303 e. The Balaban J connectivity index is 1.54. The number of nitrogens with zero attached hydrogens (tertiary/aromatic N) is 2. The molecule has 4 aromatic rings. The van der Waals surface area contributed by atoms with Crippen LogP contribution in [0.15, 0.2) is 76.2 Å². The van der Waals surface area contributed by atoms with Crippen LogP contribution in [-0.4, -0.2) is 44.9 Å².